The lowest BCUT2D eigenvalue weighted by Crippen LogP contribution is -2.47. The Hall–Kier alpha value is -2.34. The minimum absolute atomic E-state index is 0.0415. The van der Waals surface area contributed by atoms with Gasteiger partial charge in [0.2, 0.25) is 5.89 Å². The first kappa shape index (κ1) is 21.4. The molecule has 2 N–H and O–H groups in total. The van der Waals surface area contributed by atoms with Crippen molar-refractivity contribution in [3.05, 3.63) is 53.2 Å². The second-order valence-electron chi connectivity index (χ2n) is 8.78. The summed E-state index contributed by atoms with van der Waals surface area (Å²) >= 11 is 0. The van der Waals surface area contributed by atoms with E-state index in [4.69, 9.17) is 4.42 Å². The average Bonchev–Trinajstić information content (AvgIpc) is 3.19. The molecule has 3 rings (SSSR count). The minimum atomic E-state index is -0.0415. The van der Waals surface area contributed by atoms with Crippen molar-refractivity contribution in [2.45, 2.75) is 65.6 Å². The van der Waals surface area contributed by atoms with Crippen LogP contribution in [0.2, 0.25) is 0 Å². The fourth-order valence-corrected chi connectivity index (χ4v) is 3.49. The normalized spacial score (nSPS) is 16.4. The highest BCUT2D eigenvalue weighted by Gasteiger charge is 2.21. The van der Waals surface area contributed by atoms with Gasteiger partial charge in [-0.3, -0.25) is 4.90 Å². The predicted octanol–water partition coefficient (Wildman–Crippen LogP) is 3.47. The van der Waals surface area contributed by atoms with Crippen molar-refractivity contribution < 1.29 is 4.42 Å². The molecule has 0 aliphatic carbocycles. The molecule has 1 aliphatic rings. The molecule has 0 radical (unpaired) electrons. The number of hydrogen-bond donors (Lipinski definition) is 2. The van der Waals surface area contributed by atoms with Gasteiger partial charge in [0.1, 0.15) is 12.3 Å². The Labute approximate surface area is 174 Å². The summed E-state index contributed by atoms with van der Waals surface area (Å²) in [7, 11) is 0. The van der Waals surface area contributed by atoms with Crippen LogP contribution < -0.4 is 10.6 Å². The van der Waals surface area contributed by atoms with Crippen LogP contribution in [0.5, 0.6) is 0 Å². The van der Waals surface area contributed by atoms with Gasteiger partial charge in [0.25, 0.3) is 0 Å². The SMILES string of the molecule is CCNC(=NCc1ncc(C(C)(C)C)o1)NCC(C)N1CCc2ccccc2C1. The molecular formula is C23H35N5O. The molecular weight excluding hydrogens is 362 g/mol. The quantitative estimate of drug-likeness (QED) is 0.577. The molecule has 0 saturated heterocycles. The summed E-state index contributed by atoms with van der Waals surface area (Å²) in [4.78, 5) is 11.5. The maximum Gasteiger partial charge on any atom is 0.216 e. The lowest BCUT2D eigenvalue weighted by Gasteiger charge is -2.34. The Morgan fingerprint density at radius 2 is 2.00 bits per heavy atom. The van der Waals surface area contributed by atoms with Crippen LogP contribution in [0.4, 0.5) is 0 Å². The van der Waals surface area contributed by atoms with Gasteiger partial charge in [0.15, 0.2) is 5.96 Å². The van der Waals surface area contributed by atoms with Crippen LogP contribution in [0.1, 0.15) is 57.4 Å². The van der Waals surface area contributed by atoms with Crippen molar-refractivity contribution in [2.24, 2.45) is 4.99 Å². The number of benzene rings is 1. The largest absolute Gasteiger partial charge is 0.443 e. The van der Waals surface area contributed by atoms with Crippen LogP contribution in [-0.2, 0) is 24.9 Å². The molecule has 6 heteroatoms. The van der Waals surface area contributed by atoms with Gasteiger partial charge in [-0.2, -0.15) is 0 Å². The van der Waals surface area contributed by atoms with E-state index < -0.39 is 0 Å². The van der Waals surface area contributed by atoms with Crippen molar-refractivity contribution in [3.8, 4) is 0 Å². The van der Waals surface area contributed by atoms with E-state index in [1.165, 1.54) is 11.1 Å². The number of rotatable bonds is 6. The average molecular weight is 398 g/mol. The number of nitrogens with one attached hydrogen (secondary N) is 2. The molecule has 0 amide bonds. The monoisotopic (exact) mass is 397 g/mol. The molecule has 1 aromatic heterocycles. The smallest absolute Gasteiger partial charge is 0.216 e. The number of guanidine groups is 1. The summed E-state index contributed by atoms with van der Waals surface area (Å²) in [6, 6.07) is 9.18. The third-order valence-corrected chi connectivity index (χ3v) is 5.36. The van der Waals surface area contributed by atoms with E-state index in [-0.39, 0.29) is 5.41 Å². The maximum absolute atomic E-state index is 5.85. The van der Waals surface area contributed by atoms with Crippen LogP contribution in [0.25, 0.3) is 0 Å². The predicted molar refractivity (Wildman–Crippen MR) is 118 cm³/mol. The van der Waals surface area contributed by atoms with Gasteiger partial charge in [0, 0.05) is 37.6 Å². The van der Waals surface area contributed by atoms with Crippen molar-refractivity contribution in [1.82, 2.24) is 20.5 Å². The molecule has 6 nitrogen and oxygen atoms in total. The fourth-order valence-electron chi connectivity index (χ4n) is 3.49. The highest BCUT2D eigenvalue weighted by Crippen LogP contribution is 2.23. The molecule has 0 fully saturated rings. The molecule has 1 unspecified atom stereocenters. The summed E-state index contributed by atoms with van der Waals surface area (Å²) in [6.45, 7) is 14.9. The lowest BCUT2D eigenvalue weighted by molar-refractivity contribution is 0.191. The van der Waals surface area contributed by atoms with Gasteiger partial charge in [-0.1, -0.05) is 45.0 Å². The number of hydrogen-bond acceptors (Lipinski definition) is 4. The molecule has 2 aromatic rings. The molecule has 0 saturated carbocycles. The van der Waals surface area contributed by atoms with Crippen LogP contribution in [0, 0.1) is 0 Å². The second kappa shape index (κ2) is 9.44. The Kier molecular flexibility index (Phi) is 6.96. The zero-order chi connectivity index (χ0) is 20.9. The molecule has 2 heterocycles. The van der Waals surface area contributed by atoms with E-state index in [9.17, 15) is 0 Å². The van der Waals surface area contributed by atoms with Crippen molar-refractivity contribution >= 4 is 5.96 Å². The van der Waals surface area contributed by atoms with E-state index in [1.54, 1.807) is 0 Å². The van der Waals surface area contributed by atoms with Gasteiger partial charge < -0.3 is 15.1 Å². The summed E-state index contributed by atoms with van der Waals surface area (Å²) in [5.74, 6) is 2.33. The summed E-state index contributed by atoms with van der Waals surface area (Å²) in [6.07, 6.45) is 2.93. The van der Waals surface area contributed by atoms with Gasteiger partial charge in [0.05, 0.1) is 6.20 Å². The van der Waals surface area contributed by atoms with Crippen molar-refractivity contribution in [3.63, 3.8) is 0 Å². The van der Waals surface area contributed by atoms with E-state index in [1.807, 2.05) is 6.20 Å². The molecule has 0 spiro atoms. The maximum atomic E-state index is 5.85. The fraction of sp³-hybridized carbons (Fsp3) is 0.565. The second-order valence-corrected chi connectivity index (χ2v) is 8.78. The first-order valence-corrected chi connectivity index (χ1v) is 10.6. The first-order valence-electron chi connectivity index (χ1n) is 10.6. The van der Waals surface area contributed by atoms with E-state index >= 15 is 0 Å². The summed E-state index contributed by atoms with van der Waals surface area (Å²) < 4.78 is 5.85. The van der Waals surface area contributed by atoms with Crippen LogP contribution in [0.3, 0.4) is 0 Å². The zero-order valence-corrected chi connectivity index (χ0v) is 18.5. The highest BCUT2D eigenvalue weighted by molar-refractivity contribution is 5.79. The number of aliphatic imine (C=N–C) groups is 1. The van der Waals surface area contributed by atoms with Gasteiger partial charge >= 0.3 is 0 Å². The summed E-state index contributed by atoms with van der Waals surface area (Å²) in [5.41, 5.74) is 2.89. The molecule has 1 atom stereocenters. The van der Waals surface area contributed by atoms with Crippen molar-refractivity contribution in [1.29, 1.82) is 0 Å². The van der Waals surface area contributed by atoms with Gasteiger partial charge in [-0.25, -0.2) is 9.98 Å². The third kappa shape index (κ3) is 5.82. The Morgan fingerprint density at radius 3 is 2.69 bits per heavy atom. The number of aromatic nitrogens is 1. The lowest BCUT2D eigenvalue weighted by atomic mass is 9.94. The number of fused-ring (bicyclic) bond motifs is 1. The van der Waals surface area contributed by atoms with Crippen LogP contribution in [0.15, 0.2) is 39.9 Å². The van der Waals surface area contributed by atoms with Crippen LogP contribution >= 0.6 is 0 Å². The third-order valence-electron chi connectivity index (χ3n) is 5.36. The molecule has 1 aliphatic heterocycles. The van der Waals surface area contributed by atoms with Gasteiger partial charge in [-0.05, 0) is 31.4 Å². The van der Waals surface area contributed by atoms with E-state index in [2.05, 4.69) is 84.4 Å². The van der Waals surface area contributed by atoms with Crippen molar-refractivity contribution in [2.75, 3.05) is 19.6 Å². The minimum Gasteiger partial charge on any atom is -0.443 e. The zero-order valence-electron chi connectivity index (χ0n) is 18.5. The Balaban J connectivity index is 1.55. The Morgan fingerprint density at radius 1 is 1.24 bits per heavy atom. The van der Waals surface area contributed by atoms with Crippen LogP contribution in [-0.4, -0.2) is 41.5 Å². The standard InChI is InChI=1S/C23H35N5O/c1-6-24-22(27-15-21-25-14-20(29-21)23(3,4)5)26-13-17(2)28-12-11-18-9-7-8-10-19(18)16-28/h7-10,14,17H,6,11-13,15-16H2,1-5H3,(H2,24,26,27). The number of oxazole rings is 1. The van der Waals surface area contributed by atoms with E-state index in [0.29, 0.717) is 18.5 Å². The molecule has 0 bridgehead atoms. The first-order chi connectivity index (χ1) is 13.9. The molecule has 29 heavy (non-hydrogen) atoms. The Bertz CT molecular complexity index is 821. The highest BCUT2D eigenvalue weighted by atomic mass is 16.4. The molecule has 158 valence electrons. The summed E-state index contributed by atoms with van der Waals surface area (Å²) in [5, 5.41) is 6.79. The topological polar surface area (TPSA) is 65.7 Å². The van der Waals surface area contributed by atoms with E-state index in [0.717, 1.165) is 44.3 Å². The van der Waals surface area contributed by atoms with Gasteiger partial charge in [-0.15, -0.1) is 0 Å². The molecule has 1 aromatic carbocycles. The number of nitrogens with zero attached hydrogens (tertiary/aromatic N) is 3.